The minimum absolute atomic E-state index is 0.308. The van der Waals surface area contributed by atoms with E-state index in [9.17, 15) is 4.39 Å². The average Bonchev–Trinajstić information content (AvgIpc) is 3.14. The molecule has 1 aliphatic carbocycles. The fraction of sp³-hybridized carbons (Fsp3) is 0.529. The number of hydrogen-bond acceptors (Lipinski definition) is 3. The average molecular weight is 287 g/mol. The molecule has 0 spiro atoms. The number of nitrogens with zero attached hydrogens (tertiary/aromatic N) is 1. The summed E-state index contributed by atoms with van der Waals surface area (Å²) in [7, 11) is 1.51. The van der Waals surface area contributed by atoms with Crippen molar-refractivity contribution in [1.29, 1.82) is 0 Å². The molecule has 3 heterocycles. The van der Waals surface area contributed by atoms with E-state index in [1.165, 1.54) is 38.1 Å². The molecule has 4 heteroatoms. The number of methoxy groups -OCH3 is 1. The largest absolute Gasteiger partial charge is 0.494 e. The van der Waals surface area contributed by atoms with E-state index in [1.807, 2.05) is 6.07 Å². The Morgan fingerprint density at radius 2 is 2.24 bits per heavy atom. The number of fused-ring (bicyclic) bond motifs is 5. The molecule has 2 fully saturated rings. The van der Waals surface area contributed by atoms with Gasteiger partial charge in [0.2, 0.25) is 0 Å². The van der Waals surface area contributed by atoms with Gasteiger partial charge in [-0.1, -0.05) is 0 Å². The zero-order valence-corrected chi connectivity index (χ0v) is 12.1. The molecule has 0 amide bonds. The van der Waals surface area contributed by atoms with Gasteiger partial charge in [0.05, 0.1) is 7.11 Å². The monoisotopic (exact) mass is 287 g/mol. The number of ether oxygens (including phenoxy) is 1. The summed E-state index contributed by atoms with van der Waals surface area (Å²) in [5, 5.41) is 1.04. The molecule has 1 aromatic carbocycles. The highest BCUT2D eigenvalue weighted by molar-refractivity contribution is 5.84. The number of piperidine rings is 1. The number of benzene rings is 1. The van der Waals surface area contributed by atoms with Crippen molar-refractivity contribution in [2.24, 2.45) is 5.92 Å². The molecule has 21 heavy (non-hydrogen) atoms. The molecular weight excluding hydrogens is 269 g/mol. The summed E-state index contributed by atoms with van der Waals surface area (Å²) >= 11 is 0. The lowest BCUT2D eigenvalue weighted by Crippen LogP contribution is -2.36. The zero-order valence-electron chi connectivity index (χ0n) is 12.1. The molecule has 0 unspecified atom stereocenters. The molecule has 1 saturated heterocycles. The van der Waals surface area contributed by atoms with E-state index in [2.05, 4.69) is 4.90 Å². The maximum Gasteiger partial charge on any atom is 0.168 e. The van der Waals surface area contributed by atoms with Gasteiger partial charge in [-0.3, -0.25) is 4.90 Å². The first kappa shape index (κ1) is 12.0. The van der Waals surface area contributed by atoms with E-state index < -0.39 is 0 Å². The maximum atomic E-state index is 13.9. The molecule has 1 saturated carbocycles. The third kappa shape index (κ3) is 1.51. The van der Waals surface area contributed by atoms with E-state index >= 15 is 0 Å². The van der Waals surface area contributed by atoms with Gasteiger partial charge in [-0.2, -0.15) is 0 Å². The van der Waals surface area contributed by atoms with Gasteiger partial charge in [-0.25, -0.2) is 4.39 Å². The second kappa shape index (κ2) is 4.01. The van der Waals surface area contributed by atoms with Crippen molar-refractivity contribution < 1.29 is 13.5 Å². The Balaban J connectivity index is 1.72. The van der Waals surface area contributed by atoms with Crippen LogP contribution in [-0.2, 0) is 6.42 Å². The summed E-state index contributed by atoms with van der Waals surface area (Å²) in [5.74, 6) is 2.41. The molecule has 3 atom stereocenters. The topological polar surface area (TPSA) is 25.6 Å². The molecule has 0 radical (unpaired) electrons. The van der Waals surface area contributed by atoms with Crippen LogP contribution in [0.15, 0.2) is 16.5 Å². The van der Waals surface area contributed by atoms with Crippen molar-refractivity contribution in [3.05, 3.63) is 29.3 Å². The Hall–Kier alpha value is -1.55. The van der Waals surface area contributed by atoms with E-state index in [0.717, 1.165) is 30.0 Å². The Bertz CT molecular complexity index is 738. The molecule has 3 nitrogen and oxygen atoms in total. The Morgan fingerprint density at radius 3 is 3.05 bits per heavy atom. The number of halogens is 1. The first-order chi connectivity index (χ1) is 10.2. The number of furan rings is 1. The van der Waals surface area contributed by atoms with Crippen molar-refractivity contribution in [2.75, 3.05) is 20.2 Å². The van der Waals surface area contributed by atoms with Gasteiger partial charge in [0, 0.05) is 42.1 Å². The fourth-order valence-corrected chi connectivity index (χ4v) is 4.81. The second-order valence-electron chi connectivity index (χ2n) is 6.68. The van der Waals surface area contributed by atoms with Crippen LogP contribution >= 0.6 is 0 Å². The van der Waals surface area contributed by atoms with Crippen LogP contribution in [0.1, 0.15) is 30.1 Å². The summed E-state index contributed by atoms with van der Waals surface area (Å²) in [6.45, 7) is 2.35. The maximum absolute atomic E-state index is 13.9. The van der Waals surface area contributed by atoms with E-state index in [0.29, 0.717) is 23.3 Å². The lowest BCUT2D eigenvalue weighted by molar-refractivity contribution is 0.194. The van der Waals surface area contributed by atoms with Gasteiger partial charge in [0.25, 0.3) is 0 Å². The summed E-state index contributed by atoms with van der Waals surface area (Å²) in [5.41, 5.74) is 1.96. The van der Waals surface area contributed by atoms with Crippen LogP contribution in [-0.4, -0.2) is 31.1 Å². The number of rotatable bonds is 1. The Kier molecular flexibility index (Phi) is 2.30. The molecule has 1 aromatic heterocycles. The summed E-state index contributed by atoms with van der Waals surface area (Å²) < 4.78 is 25.2. The Morgan fingerprint density at radius 1 is 1.33 bits per heavy atom. The quantitative estimate of drug-likeness (QED) is 0.804. The van der Waals surface area contributed by atoms with Crippen LogP contribution in [0.3, 0.4) is 0 Å². The summed E-state index contributed by atoms with van der Waals surface area (Å²) in [4.78, 5) is 2.63. The summed E-state index contributed by atoms with van der Waals surface area (Å²) in [6.07, 6.45) is 3.53. The van der Waals surface area contributed by atoms with Crippen LogP contribution in [0.25, 0.3) is 11.0 Å². The second-order valence-corrected chi connectivity index (χ2v) is 6.68. The summed E-state index contributed by atoms with van der Waals surface area (Å²) in [6, 6.07) is 3.93. The van der Waals surface area contributed by atoms with Gasteiger partial charge < -0.3 is 9.15 Å². The fourth-order valence-electron chi connectivity index (χ4n) is 4.81. The third-order valence-electron chi connectivity index (χ3n) is 5.67. The van der Waals surface area contributed by atoms with Gasteiger partial charge in [0.1, 0.15) is 11.3 Å². The van der Waals surface area contributed by atoms with Crippen LogP contribution in [0.5, 0.6) is 5.75 Å². The molecule has 3 aliphatic rings. The lowest BCUT2D eigenvalue weighted by atomic mass is 9.94. The van der Waals surface area contributed by atoms with Crippen LogP contribution in [0.4, 0.5) is 4.39 Å². The highest BCUT2D eigenvalue weighted by Gasteiger charge is 2.48. The van der Waals surface area contributed by atoms with Crippen molar-refractivity contribution in [1.82, 2.24) is 4.90 Å². The molecule has 5 rings (SSSR count). The molecule has 2 aromatic rings. The highest BCUT2D eigenvalue weighted by atomic mass is 19.1. The molecule has 2 aliphatic heterocycles. The van der Waals surface area contributed by atoms with Gasteiger partial charge in [-0.15, -0.1) is 0 Å². The van der Waals surface area contributed by atoms with E-state index in [-0.39, 0.29) is 5.82 Å². The smallest absolute Gasteiger partial charge is 0.168 e. The van der Waals surface area contributed by atoms with Crippen molar-refractivity contribution in [2.45, 2.75) is 31.2 Å². The SMILES string of the molecule is COc1cc2c3c(oc2cc1F)[C@@H]1C[C@H]2C[C@@H]1N(CC3)C2. The number of hydrogen-bond donors (Lipinski definition) is 0. The van der Waals surface area contributed by atoms with E-state index in [1.54, 1.807) is 0 Å². The van der Waals surface area contributed by atoms with Gasteiger partial charge in [-0.05, 0) is 31.2 Å². The van der Waals surface area contributed by atoms with Crippen LogP contribution in [0.2, 0.25) is 0 Å². The molecular formula is C17H18FNO2. The van der Waals surface area contributed by atoms with Gasteiger partial charge in [0.15, 0.2) is 11.6 Å². The van der Waals surface area contributed by atoms with Gasteiger partial charge >= 0.3 is 0 Å². The standard InChI is InChI=1S/C17H18FNO2/c1-20-16-6-11-10-2-3-19-8-9-4-12(14(19)5-9)17(10)21-15(11)7-13(16)18/h6-7,9,12,14H,2-5,8H2,1H3/t9-,12+,14-/m0/s1. The minimum atomic E-state index is -0.344. The predicted molar refractivity (Wildman–Crippen MR) is 77.3 cm³/mol. The third-order valence-corrected chi connectivity index (χ3v) is 5.67. The van der Waals surface area contributed by atoms with Crippen molar-refractivity contribution in [3.63, 3.8) is 0 Å². The Labute approximate surface area is 122 Å². The highest BCUT2D eigenvalue weighted by Crippen LogP contribution is 2.51. The molecule has 0 N–H and O–H groups in total. The lowest BCUT2D eigenvalue weighted by Gasteiger charge is -2.29. The van der Waals surface area contributed by atoms with Crippen LogP contribution < -0.4 is 4.74 Å². The predicted octanol–water partition coefficient (Wildman–Crippen LogP) is 3.31. The van der Waals surface area contributed by atoms with Crippen molar-refractivity contribution in [3.8, 4) is 5.75 Å². The van der Waals surface area contributed by atoms with E-state index in [4.69, 9.17) is 9.15 Å². The molecule has 110 valence electrons. The normalized spacial score (nSPS) is 30.7. The van der Waals surface area contributed by atoms with Crippen molar-refractivity contribution >= 4 is 11.0 Å². The molecule has 2 bridgehead atoms. The van der Waals surface area contributed by atoms with Crippen LogP contribution in [0, 0.1) is 11.7 Å². The first-order valence-electron chi connectivity index (χ1n) is 7.77. The first-order valence-corrected chi connectivity index (χ1v) is 7.77. The minimum Gasteiger partial charge on any atom is -0.494 e. The zero-order chi connectivity index (χ0) is 14.1.